The molecule has 17 heavy (non-hydrogen) atoms. The van der Waals surface area contributed by atoms with Crippen molar-refractivity contribution >= 4 is 0 Å². The summed E-state index contributed by atoms with van der Waals surface area (Å²) in [5.41, 5.74) is 1.19. The molecule has 2 atom stereocenters. The van der Waals surface area contributed by atoms with E-state index in [0.29, 0.717) is 13.2 Å². The van der Waals surface area contributed by atoms with Crippen LogP contribution in [0.15, 0.2) is 30.3 Å². The standard InChI is InChI=1S/C15H18O2/c1-2-14-9-6-10-15(17-14)12-16-11-13-7-4-3-5-8-13/h1,3-5,7-8,14-15H,6,9-12H2. The number of hydrogen-bond donors (Lipinski definition) is 0. The van der Waals surface area contributed by atoms with E-state index < -0.39 is 0 Å². The van der Waals surface area contributed by atoms with Gasteiger partial charge in [-0.1, -0.05) is 36.3 Å². The summed E-state index contributed by atoms with van der Waals surface area (Å²) >= 11 is 0. The molecule has 0 spiro atoms. The van der Waals surface area contributed by atoms with E-state index in [4.69, 9.17) is 15.9 Å². The van der Waals surface area contributed by atoms with E-state index in [0.717, 1.165) is 19.3 Å². The normalized spacial score (nSPS) is 24.2. The molecule has 0 aromatic heterocycles. The van der Waals surface area contributed by atoms with Gasteiger partial charge in [0, 0.05) is 0 Å². The predicted molar refractivity (Wildman–Crippen MR) is 67.4 cm³/mol. The fourth-order valence-electron chi connectivity index (χ4n) is 2.03. The molecule has 0 saturated carbocycles. The molecule has 2 rings (SSSR count). The molecule has 0 radical (unpaired) electrons. The van der Waals surface area contributed by atoms with Gasteiger partial charge in [0.05, 0.1) is 19.3 Å². The Bertz CT molecular complexity index is 366. The molecule has 2 unspecified atom stereocenters. The third kappa shape index (κ3) is 3.89. The molecule has 1 saturated heterocycles. The summed E-state index contributed by atoms with van der Waals surface area (Å²) in [5.74, 6) is 2.66. The quantitative estimate of drug-likeness (QED) is 0.740. The maximum Gasteiger partial charge on any atom is 0.118 e. The molecule has 1 aromatic rings. The molecule has 2 nitrogen and oxygen atoms in total. The third-order valence-corrected chi connectivity index (χ3v) is 2.95. The van der Waals surface area contributed by atoms with Crippen LogP contribution >= 0.6 is 0 Å². The van der Waals surface area contributed by atoms with Crippen LogP contribution < -0.4 is 0 Å². The first-order valence-electron chi connectivity index (χ1n) is 6.12. The molecule has 1 aliphatic heterocycles. The van der Waals surface area contributed by atoms with Crippen molar-refractivity contribution in [3.05, 3.63) is 35.9 Å². The van der Waals surface area contributed by atoms with Gasteiger partial charge in [-0.25, -0.2) is 0 Å². The highest BCUT2D eigenvalue weighted by Crippen LogP contribution is 2.19. The first-order chi connectivity index (χ1) is 8.38. The van der Waals surface area contributed by atoms with Gasteiger partial charge in [-0.2, -0.15) is 0 Å². The molecule has 0 amide bonds. The van der Waals surface area contributed by atoms with Crippen LogP contribution in [0.25, 0.3) is 0 Å². The fraction of sp³-hybridized carbons (Fsp3) is 0.467. The van der Waals surface area contributed by atoms with Gasteiger partial charge in [-0.15, -0.1) is 6.42 Å². The topological polar surface area (TPSA) is 18.5 Å². The number of hydrogen-bond acceptors (Lipinski definition) is 2. The van der Waals surface area contributed by atoms with E-state index in [1.807, 2.05) is 18.2 Å². The lowest BCUT2D eigenvalue weighted by molar-refractivity contribution is -0.0682. The maximum absolute atomic E-state index is 5.71. The predicted octanol–water partition coefficient (Wildman–Crippen LogP) is 2.77. The molecule has 0 bridgehead atoms. The highest BCUT2D eigenvalue weighted by atomic mass is 16.5. The monoisotopic (exact) mass is 230 g/mol. The average Bonchev–Trinajstić information content (AvgIpc) is 2.40. The van der Waals surface area contributed by atoms with E-state index in [2.05, 4.69) is 18.1 Å². The highest BCUT2D eigenvalue weighted by Gasteiger charge is 2.20. The lowest BCUT2D eigenvalue weighted by Crippen LogP contribution is -2.30. The maximum atomic E-state index is 5.71. The molecule has 0 N–H and O–H groups in total. The molecular weight excluding hydrogens is 212 g/mol. The second kappa shape index (κ2) is 6.44. The number of terminal acetylenes is 1. The van der Waals surface area contributed by atoms with Crippen LogP contribution in [0, 0.1) is 12.3 Å². The molecule has 1 aromatic carbocycles. The van der Waals surface area contributed by atoms with Gasteiger partial charge in [0.25, 0.3) is 0 Å². The van der Waals surface area contributed by atoms with Crippen molar-refractivity contribution in [1.29, 1.82) is 0 Å². The first-order valence-corrected chi connectivity index (χ1v) is 6.12. The summed E-state index contributed by atoms with van der Waals surface area (Å²) in [6, 6.07) is 10.2. The molecule has 1 aliphatic rings. The summed E-state index contributed by atoms with van der Waals surface area (Å²) in [5, 5.41) is 0. The Hall–Kier alpha value is -1.30. The van der Waals surface area contributed by atoms with E-state index in [-0.39, 0.29) is 12.2 Å². The van der Waals surface area contributed by atoms with Gasteiger partial charge in [0.1, 0.15) is 6.10 Å². The average molecular weight is 230 g/mol. The number of ether oxygens (including phenoxy) is 2. The van der Waals surface area contributed by atoms with Crippen LogP contribution in [0.5, 0.6) is 0 Å². The van der Waals surface area contributed by atoms with E-state index in [9.17, 15) is 0 Å². The zero-order valence-corrected chi connectivity index (χ0v) is 9.97. The van der Waals surface area contributed by atoms with E-state index in [1.165, 1.54) is 5.56 Å². The van der Waals surface area contributed by atoms with Crippen LogP contribution in [-0.2, 0) is 16.1 Å². The Morgan fingerprint density at radius 2 is 2.12 bits per heavy atom. The summed E-state index contributed by atoms with van der Waals surface area (Å²) < 4.78 is 11.4. The first kappa shape index (κ1) is 12.2. The molecule has 90 valence electrons. The molecule has 0 aliphatic carbocycles. The van der Waals surface area contributed by atoms with Gasteiger partial charge in [0.2, 0.25) is 0 Å². The van der Waals surface area contributed by atoms with Crippen molar-refractivity contribution in [1.82, 2.24) is 0 Å². The molecule has 1 heterocycles. The Morgan fingerprint density at radius 3 is 2.88 bits per heavy atom. The Morgan fingerprint density at radius 1 is 1.29 bits per heavy atom. The number of rotatable bonds is 4. The second-order valence-electron chi connectivity index (χ2n) is 4.35. The zero-order valence-electron chi connectivity index (χ0n) is 9.97. The van der Waals surface area contributed by atoms with Gasteiger partial charge in [0.15, 0.2) is 0 Å². The molecule has 2 heteroatoms. The highest BCUT2D eigenvalue weighted by molar-refractivity contribution is 5.13. The van der Waals surface area contributed by atoms with E-state index in [1.54, 1.807) is 0 Å². The smallest absolute Gasteiger partial charge is 0.118 e. The lowest BCUT2D eigenvalue weighted by atomic mass is 10.1. The van der Waals surface area contributed by atoms with Gasteiger partial charge in [-0.3, -0.25) is 0 Å². The van der Waals surface area contributed by atoms with Gasteiger partial charge < -0.3 is 9.47 Å². The van der Waals surface area contributed by atoms with Crippen LogP contribution in [-0.4, -0.2) is 18.8 Å². The summed E-state index contributed by atoms with van der Waals surface area (Å²) in [6.45, 7) is 1.27. The SMILES string of the molecule is C#CC1CCCC(COCc2ccccc2)O1. The van der Waals surface area contributed by atoms with E-state index >= 15 is 0 Å². The van der Waals surface area contributed by atoms with Crippen molar-refractivity contribution in [2.24, 2.45) is 0 Å². The fourth-order valence-corrected chi connectivity index (χ4v) is 2.03. The van der Waals surface area contributed by atoms with Crippen molar-refractivity contribution < 1.29 is 9.47 Å². The lowest BCUT2D eigenvalue weighted by Gasteiger charge is -2.26. The van der Waals surface area contributed by atoms with Crippen LogP contribution in [0.3, 0.4) is 0 Å². The third-order valence-electron chi connectivity index (χ3n) is 2.95. The minimum Gasteiger partial charge on any atom is -0.374 e. The largest absolute Gasteiger partial charge is 0.374 e. The summed E-state index contributed by atoms with van der Waals surface area (Å²) in [4.78, 5) is 0. The van der Waals surface area contributed by atoms with Crippen LogP contribution in [0.2, 0.25) is 0 Å². The Labute approximate surface area is 103 Å². The Balaban J connectivity index is 1.70. The van der Waals surface area contributed by atoms with Crippen molar-refractivity contribution in [3.8, 4) is 12.3 Å². The van der Waals surface area contributed by atoms with Crippen molar-refractivity contribution in [2.45, 2.75) is 38.1 Å². The van der Waals surface area contributed by atoms with Crippen molar-refractivity contribution in [2.75, 3.05) is 6.61 Å². The summed E-state index contributed by atoms with van der Waals surface area (Å²) in [6.07, 6.45) is 8.67. The molecule has 1 fully saturated rings. The molecular formula is C15H18O2. The van der Waals surface area contributed by atoms with Crippen LogP contribution in [0.4, 0.5) is 0 Å². The van der Waals surface area contributed by atoms with Gasteiger partial charge in [-0.05, 0) is 24.8 Å². The Kier molecular flexibility index (Phi) is 4.61. The minimum absolute atomic E-state index is 0.0194. The van der Waals surface area contributed by atoms with Crippen LogP contribution in [0.1, 0.15) is 24.8 Å². The van der Waals surface area contributed by atoms with Crippen molar-refractivity contribution in [3.63, 3.8) is 0 Å². The number of benzene rings is 1. The summed E-state index contributed by atoms with van der Waals surface area (Å²) in [7, 11) is 0. The zero-order chi connectivity index (χ0) is 11.9. The minimum atomic E-state index is -0.0194. The second-order valence-corrected chi connectivity index (χ2v) is 4.35. The van der Waals surface area contributed by atoms with Gasteiger partial charge >= 0.3 is 0 Å².